The number of benzene rings is 2. The van der Waals surface area contributed by atoms with E-state index in [4.69, 9.17) is 0 Å². The minimum atomic E-state index is -0.265. The van der Waals surface area contributed by atoms with E-state index in [0.29, 0.717) is 29.0 Å². The van der Waals surface area contributed by atoms with E-state index in [1.54, 1.807) is 6.07 Å². The van der Waals surface area contributed by atoms with Crippen molar-refractivity contribution in [1.82, 2.24) is 14.8 Å². The van der Waals surface area contributed by atoms with Crippen LogP contribution in [0.5, 0.6) is 0 Å². The van der Waals surface area contributed by atoms with E-state index >= 15 is 0 Å². The molecule has 0 saturated heterocycles. The maximum Gasteiger partial charge on any atom is 0.279 e. The van der Waals surface area contributed by atoms with Gasteiger partial charge in [-0.25, -0.2) is 0 Å². The van der Waals surface area contributed by atoms with E-state index < -0.39 is 0 Å². The number of rotatable bonds is 7. The lowest BCUT2D eigenvalue weighted by Crippen LogP contribution is -2.32. The summed E-state index contributed by atoms with van der Waals surface area (Å²) >= 11 is 1.49. The zero-order valence-corrected chi connectivity index (χ0v) is 20.1. The summed E-state index contributed by atoms with van der Waals surface area (Å²) in [7, 11) is 3.95. The Morgan fingerprint density at radius 2 is 1.81 bits per heavy atom. The second-order valence-corrected chi connectivity index (χ2v) is 9.30. The zero-order chi connectivity index (χ0) is 23.3. The van der Waals surface area contributed by atoms with Crippen LogP contribution >= 0.6 is 11.3 Å². The van der Waals surface area contributed by atoms with E-state index in [-0.39, 0.29) is 11.8 Å². The lowest BCUT2D eigenvalue weighted by Gasteiger charge is -2.14. The van der Waals surface area contributed by atoms with Crippen molar-refractivity contribution in [3.05, 3.63) is 86.2 Å². The van der Waals surface area contributed by atoms with Gasteiger partial charge in [0.15, 0.2) is 4.80 Å². The Balaban J connectivity index is 1.92. The molecule has 1 aromatic heterocycles. The molecule has 3 aromatic rings. The Labute approximate surface area is 193 Å². The molecule has 1 N–H and O–H groups in total. The molecule has 7 heteroatoms. The van der Waals surface area contributed by atoms with Crippen molar-refractivity contribution < 1.29 is 9.59 Å². The number of hydrogen-bond donors (Lipinski definition) is 1. The molecular formula is C25H30N4O2S. The summed E-state index contributed by atoms with van der Waals surface area (Å²) in [6.07, 6.45) is 0. The van der Waals surface area contributed by atoms with Crippen molar-refractivity contribution in [3.8, 4) is 0 Å². The first kappa shape index (κ1) is 23.6. The minimum Gasteiger partial charge on any atom is -0.351 e. The van der Waals surface area contributed by atoms with Gasteiger partial charge in [0.1, 0.15) is 0 Å². The van der Waals surface area contributed by atoms with Crippen LogP contribution in [0.15, 0.2) is 53.5 Å². The van der Waals surface area contributed by atoms with Gasteiger partial charge in [0.05, 0.1) is 6.54 Å². The second-order valence-electron chi connectivity index (χ2n) is 8.12. The van der Waals surface area contributed by atoms with Gasteiger partial charge < -0.3 is 14.8 Å². The molecule has 0 aliphatic carbocycles. The summed E-state index contributed by atoms with van der Waals surface area (Å²) in [6.45, 7) is 7.81. The lowest BCUT2D eigenvalue weighted by molar-refractivity contribution is 0.0948. The third kappa shape index (κ3) is 5.81. The van der Waals surface area contributed by atoms with Crippen LogP contribution in [0, 0.1) is 20.8 Å². The highest BCUT2D eigenvalue weighted by molar-refractivity contribution is 7.09. The number of nitrogens with one attached hydrogen (secondary N) is 1. The van der Waals surface area contributed by atoms with Gasteiger partial charge in [0.2, 0.25) is 0 Å². The molecule has 0 fully saturated rings. The number of nitrogens with zero attached hydrogens (tertiary/aromatic N) is 3. The maximum atomic E-state index is 12.8. The molecule has 3 rings (SSSR count). The largest absolute Gasteiger partial charge is 0.351 e. The predicted octanol–water partition coefficient (Wildman–Crippen LogP) is 3.56. The number of likely N-dealkylation sites (N-methyl/N-ethyl adjacent to an activating group) is 1. The van der Waals surface area contributed by atoms with Gasteiger partial charge >= 0.3 is 0 Å². The van der Waals surface area contributed by atoms with Crippen LogP contribution in [-0.4, -0.2) is 48.5 Å². The average Bonchev–Trinajstić information content (AvgIpc) is 3.01. The third-order valence-corrected chi connectivity index (χ3v) is 6.38. The van der Waals surface area contributed by atoms with E-state index in [0.717, 1.165) is 28.2 Å². The first-order valence-corrected chi connectivity index (χ1v) is 11.4. The molecule has 0 unspecified atom stereocenters. The van der Waals surface area contributed by atoms with Crippen LogP contribution in [0.4, 0.5) is 0 Å². The number of carbonyl (C=O) groups excluding carboxylic acids is 2. The number of carbonyl (C=O) groups is 2. The number of aryl methyl sites for hydroxylation is 2. The summed E-state index contributed by atoms with van der Waals surface area (Å²) in [4.78, 5) is 33.8. The molecule has 0 bridgehead atoms. The molecule has 0 atom stereocenters. The highest BCUT2D eigenvalue weighted by atomic mass is 32.1. The van der Waals surface area contributed by atoms with Gasteiger partial charge in [-0.1, -0.05) is 35.9 Å². The normalized spacial score (nSPS) is 11.8. The Morgan fingerprint density at radius 1 is 1.06 bits per heavy atom. The summed E-state index contributed by atoms with van der Waals surface area (Å²) in [5.74, 6) is -0.361. The average molecular weight is 451 g/mol. The predicted molar refractivity (Wildman–Crippen MR) is 129 cm³/mol. The fourth-order valence-corrected chi connectivity index (χ4v) is 4.31. The Kier molecular flexibility index (Phi) is 7.77. The second kappa shape index (κ2) is 10.5. The molecule has 2 aromatic carbocycles. The topological polar surface area (TPSA) is 66.7 Å². The van der Waals surface area contributed by atoms with Crippen molar-refractivity contribution in [2.45, 2.75) is 27.3 Å². The Hall–Kier alpha value is -3.03. The molecule has 1 heterocycles. The van der Waals surface area contributed by atoms with E-state index in [2.05, 4.69) is 10.3 Å². The van der Waals surface area contributed by atoms with Crippen LogP contribution in [-0.2, 0) is 6.54 Å². The molecule has 2 amide bonds. The maximum absolute atomic E-state index is 12.8. The zero-order valence-electron chi connectivity index (χ0n) is 19.3. The number of thiazole rings is 1. The van der Waals surface area contributed by atoms with Crippen molar-refractivity contribution in [1.29, 1.82) is 0 Å². The molecular weight excluding hydrogens is 420 g/mol. The highest BCUT2D eigenvalue weighted by Crippen LogP contribution is 2.16. The lowest BCUT2D eigenvalue weighted by atomic mass is 10.1. The monoisotopic (exact) mass is 450 g/mol. The number of aromatic nitrogens is 1. The van der Waals surface area contributed by atoms with Gasteiger partial charge in [-0.3, -0.25) is 9.59 Å². The van der Waals surface area contributed by atoms with Crippen molar-refractivity contribution in [2.75, 3.05) is 27.2 Å². The molecule has 0 spiro atoms. The van der Waals surface area contributed by atoms with Crippen LogP contribution in [0.25, 0.3) is 0 Å². The van der Waals surface area contributed by atoms with Gasteiger partial charge in [-0.2, -0.15) is 4.99 Å². The van der Waals surface area contributed by atoms with Crippen molar-refractivity contribution >= 4 is 23.2 Å². The first-order chi connectivity index (χ1) is 15.3. The van der Waals surface area contributed by atoms with Crippen LogP contribution in [0.1, 0.15) is 42.4 Å². The number of hydrogen-bond acceptors (Lipinski definition) is 4. The summed E-state index contributed by atoms with van der Waals surface area (Å²) in [5, 5.41) is 2.99. The molecule has 0 saturated carbocycles. The SMILES string of the molecule is Cc1cccc(C(=O)N=c2sc(C)c(C)n2Cc2ccccc2C(=O)NCCN(C)C)c1. The van der Waals surface area contributed by atoms with Crippen LogP contribution < -0.4 is 10.1 Å². The van der Waals surface area contributed by atoms with Gasteiger partial charge in [0.25, 0.3) is 11.8 Å². The molecule has 32 heavy (non-hydrogen) atoms. The fraction of sp³-hybridized carbons (Fsp3) is 0.320. The Morgan fingerprint density at radius 3 is 2.53 bits per heavy atom. The summed E-state index contributed by atoms with van der Waals surface area (Å²) in [6, 6.07) is 15.0. The minimum absolute atomic E-state index is 0.0954. The van der Waals surface area contributed by atoms with Crippen molar-refractivity contribution in [2.24, 2.45) is 4.99 Å². The molecule has 168 valence electrons. The molecule has 0 aliphatic heterocycles. The van der Waals surface area contributed by atoms with Gasteiger partial charge in [-0.15, -0.1) is 11.3 Å². The highest BCUT2D eigenvalue weighted by Gasteiger charge is 2.15. The summed E-state index contributed by atoms with van der Waals surface area (Å²) in [5.41, 5.74) is 4.15. The molecule has 6 nitrogen and oxygen atoms in total. The van der Waals surface area contributed by atoms with Crippen molar-refractivity contribution in [3.63, 3.8) is 0 Å². The van der Waals surface area contributed by atoms with E-state index in [1.165, 1.54) is 11.3 Å². The smallest absolute Gasteiger partial charge is 0.279 e. The van der Waals surface area contributed by atoms with E-state index in [9.17, 15) is 9.59 Å². The van der Waals surface area contributed by atoms with Crippen LogP contribution in [0.2, 0.25) is 0 Å². The van der Waals surface area contributed by atoms with E-state index in [1.807, 2.05) is 86.8 Å². The molecule has 0 aliphatic rings. The molecule has 0 radical (unpaired) electrons. The van der Waals surface area contributed by atoms with Gasteiger partial charge in [-0.05, 0) is 58.6 Å². The third-order valence-electron chi connectivity index (χ3n) is 5.29. The van der Waals surface area contributed by atoms with Crippen LogP contribution in [0.3, 0.4) is 0 Å². The summed E-state index contributed by atoms with van der Waals surface area (Å²) < 4.78 is 2.01. The fourth-order valence-electron chi connectivity index (χ4n) is 3.34. The Bertz CT molecular complexity index is 1190. The number of amides is 2. The first-order valence-electron chi connectivity index (χ1n) is 10.6. The quantitative estimate of drug-likeness (QED) is 0.599. The standard InChI is InChI=1S/C25H30N4O2S/c1-17-9-8-11-20(15-17)23(30)27-25-29(18(2)19(3)32-25)16-21-10-6-7-12-22(21)24(31)26-13-14-28(4)5/h6-12,15H,13-14,16H2,1-5H3,(H,26,31). The van der Waals surface area contributed by atoms with Gasteiger partial charge in [0, 0.05) is 34.8 Å².